The van der Waals surface area contributed by atoms with Crippen LogP contribution in [0, 0.1) is 0 Å². The van der Waals surface area contributed by atoms with Crippen LogP contribution in [0.1, 0.15) is 56.2 Å². The summed E-state index contributed by atoms with van der Waals surface area (Å²) >= 11 is 6.27. The van der Waals surface area contributed by atoms with Crippen LogP contribution in [0.15, 0.2) is 78.9 Å². The number of carbonyl (C=O) groups is 2. The Balaban J connectivity index is 2.07. The number of nitrogens with zero attached hydrogens (tertiary/aromatic N) is 2. The van der Waals surface area contributed by atoms with E-state index in [2.05, 4.69) is 5.32 Å². The van der Waals surface area contributed by atoms with Gasteiger partial charge in [0.15, 0.2) is 0 Å². The van der Waals surface area contributed by atoms with Crippen molar-refractivity contribution in [2.75, 3.05) is 23.7 Å². The second kappa shape index (κ2) is 15.0. The smallest absolute Gasteiger partial charge is 0.244 e. The second-order valence-electron chi connectivity index (χ2n) is 10.5. The van der Waals surface area contributed by atoms with Crippen LogP contribution in [0.5, 0.6) is 0 Å². The Kier molecular flexibility index (Phi) is 11.8. The highest BCUT2D eigenvalue weighted by atomic mass is 35.5. The summed E-state index contributed by atoms with van der Waals surface area (Å²) in [4.78, 5) is 29.4. The number of nitrogens with one attached hydrogen (secondary N) is 1. The molecule has 0 fully saturated rings. The van der Waals surface area contributed by atoms with Gasteiger partial charge in [0.1, 0.15) is 12.6 Å². The van der Waals surface area contributed by atoms with E-state index < -0.39 is 28.5 Å². The van der Waals surface area contributed by atoms with E-state index >= 15 is 0 Å². The Labute approximate surface area is 249 Å². The van der Waals surface area contributed by atoms with Crippen molar-refractivity contribution in [3.63, 3.8) is 0 Å². The Morgan fingerprint density at radius 1 is 0.927 bits per heavy atom. The van der Waals surface area contributed by atoms with E-state index in [0.717, 1.165) is 40.1 Å². The molecule has 9 heteroatoms. The molecule has 220 valence electrons. The summed E-state index contributed by atoms with van der Waals surface area (Å²) in [5.74, 6) is -0.741. The monoisotopic (exact) mass is 597 g/mol. The molecular weight excluding hydrogens is 558 g/mol. The number of carbonyl (C=O) groups excluding carboxylic acids is 2. The quantitative estimate of drug-likeness (QED) is 0.238. The number of unbranched alkanes of at least 4 members (excludes halogenated alkanes) is 1. The van der Waals surface area contributed by atoms with Gasteiger partial charge in [-0.15, -0.1) is 0 Å². The maximum absolute atomic E-state index is 14.2. The van der Waals surface area contributed by atoms with E-state index in [9.17, 15) is 18.0 Å². The number of hydrogen-bond acceptors (Lipinski definition) is 4. The van der Waals surface area contributed by atoms with E-state index in [1.54, 1.807) is 30.3 Å². The van der Waals surface area contributed by atoms with Gasteiger partial charge in [0.05, 0.1) is 11.9 Å². The first-order valence-electron chi connectivity index (χ1n) is 13.9. The van der Waals surface area contributed by atoms with Gasteiger partial charge >= 0.3 is 0 Å². The summed E-state index contributed by atoms with van der Waals surface area (Å²) in [6, 6.07) is 22.9. The molecule has 3 aromatic rings. The molecule has 1 atom stereocenters. The molecule has 0 saturated carbocycles. The fourth-order valence-electron chi connectivity index (χ4n) is 4.69. The molecule has 0 spiro atoms. The predicted molar refractivity (Wildman–Crippen MR) is 167 cm³/mol. The fraction of sp³-hybridized carbons (Fsp3) is 0.375. The third kappa shape index (κ3) is 9.33. The maximum atomic E-state index is 14.2. The third-order valence-electron chi connectivity index (χ3n) is 6.85. The summed E-state index contributed by atoms with van der Waals surface area (Å²) in [5, 5.41) is 3.49. The molecule has 1 N–H and O–H groups in total. The summed E-state index contributed by atoms with van der Waals surface area (Å²) < 4.78 is 27.3. The maximum Gasteiger partial charge on any atom is 0.244 e. The standard InChI is InChI=1S/C32H40ClN3O4S/c1-5-6-19-34-32(38)30(21-25-13-8-7-9-14-25)35(22-26-15-12-16-27(33)20-26)31(37)23-36(41(4,39)40)29-18-11-10-17-28(29)24(2)3/h7-18,20,24,30H,5-6,19,21-23H2,1-4H3,(H,34,38)/t30-/m1/s1. The van der Waals surface area contributed by atoms with Crippen LogP contribution in [0.4, 0.5) is 5.69 Å². The van der Waals surface area contributed by atoms with Crippen LogP contribution < -0.4 is 9.62 Å². The van der Waals surface area contributed by atoms with Gasteiger partial charge in [-0.2, -0.15) is 0 Å². The van der Waals surface area contributed by atoms with Gasteiger partial charge in [0.25, 0.3) is 0 Å². The zero-order valence-corrected chi connectivity index (χ0v) is 25.8. The fourth-order valence-corrected chi connectivity index (χ4v) is 5.77. The van der Waals surface area contributed by atoms with Crippen molar-refractivity contribution in [1.82, 2.24) is 10.2 Å². The van der Waals surface area contributed by atoms with Crippen LogP contribution in [0.25, 0.3) is 0 Å². The molecule has 0 radical (unpaired) electrons. The Morgan fingerprint density at radius 2 is 1.59 bits per heavy atom. The molecule has 0 aliphatic carbocycles. The molecule has 41 heavy (non-hydrogen) atoms. The minimum Gasteiger partial charge on any atom is -0.354 e. The van der Waals surface area contributed by atoms with E-state index in [1.807, 2.05) is 69.3 Å². The zero-order valence-electron chi connectivity index (χ0n) is 24.2. The summed E-state index contributed by atoms with van der Waals surface area (Å²) in [7, 11) is -3.84. The highest BCUT2D eigenvalue weighted by Gasteiger charge is 2.33. The average Bonchev–Trinajstić information content (AvgIpc) is 2.93. The SMILES string of the molecule is CCCCNC(=O)[C@@H](Cc1ccccc1)N(Cc1cccc(Cl)c1)C(=O)CN(c1ccccc1C(C)C)S(C)(=O)=O. The highest BCUT2D eigenvalue weighted by molar-refractivity contribution is 7.92. The van der Waals surface area contributed by atoms with Crippen molar-refractivity contribution in [3.05, 3.63) is 101 Å². The van der Waals surface area contributed by atoms with Crippen LogP contribution in [0.3, 0.4) is 0 Å². The minimum absolute atomic E-state index is 0.0308. The number of halogens is 1. The predicted octanol–water partition coefficient (Wildman–Crippen LogP) is 5.79. The van der Waals surface area contributed by atoms with Gasteiger partial charge < -0.3 is 10.2 Å². The van der Waals surface area contributed by atoms with Gasteiger partial charge in [-0.25, -0.2) is 8.42 Å². The van der Waals surface area contributed by atoms with Crippen molar-refractivity contribution in [2.24, 2.45) is 0 Å². The lowest BCUT2D eigenvalue weighted by Crippen LogP contribution is -2.53. The topological polar surface area (TPSA) is 86.8 Å². The molecule has 0 bridgehead atoms. The van der Waals surface area contributed by atoms with Crippen LogP contribution in [-0.2, 0) is 32.6 Å². The molecule has 0 aliphatic heterocycles. The zero-order chi connectivity index (χ0) is 30.0. The van der Waals surface area contributed by atoms with Crippen molar-refractivity contribution in [2.45, 2.75) is 58.5 Å². The van der Waals surface area contributed by atoms with Gasteiger partial charge in [0, 0.05) is 24.5 Å². The minimum atomic E-state index is -3.84. The number of hydrogen-bond donors (Lipinski definition) is 1. The Bertz CT molecular complexity index is 1410. The second-order valence-corrected chi connectivity index (χ2v) is 12.8. The van der Waals surface area contributed by atoms with E-state index in [-0.39, 0.29) is 24.8 Å². The normalized spacial score (nSPS) is 12.1. The van der Waals surface area contributed by atoms with Crippen LogP contribution in [-0.4, -0.2) is 50.5 Å². The third-order valence-corrected chi connectivity index (χ3v) is 8.21. The van der Waals surface area contributed by atoms with Gasteiger partial charge in [-0.3, -0.25) is 13.9 Å². The molecule has 0 aromatic heterocycles. The first kappa shape index (κ1) is 32.2. The van der Waals surface area contributed by atoms with Crippen molar-refractivity contribution in [1.29, 1.82) is 0 Å². The molecule has 0 aliphatic rings. The Hall–Kier alpha value is -3.36. The largest absolute Gasteiger partial charge is 0.354 e. The summed E-state index contributed by atoms with van der Waals surface area (Å²) in [6.45, 7) is 6.11. The summed E-state index contributed by atoms with van der Waals surface area (Å²) in [6.07, 6.45) is 3.08. The molecule has 7 nitrogen and oxygen atoms in total. The van der Waals surface area contributed by atoms with Crippen molar-refractivity contribution < 1.29 is 18.0 Å². The van der Waals surface area contributed by atoms with E-state index in [1.165, 1.54) is 4.90 Å². The number of anilines is 1. The van der Waals surface area contributed by atoms with Crippen LogP contribution in [0.2, 0.25) is 5.02 Å². The van der Waals surface area contributed by atoms with Crippen molar-refractivity contribution in [3.8, 4) is 0 Å². The lowest BCUT2D eigenvalue weighted by molar-refractivity contribution is -0.140. The lowest BCUT2D eigenvalue weighted by Gasteiger charge is -2.34. The molecule has 3 rings (SSSR count). The van der Waals surface area contributed by atoms with Gasteiger partial charge in [-0.1, -0.05) is 99.5 Å². The van der Waals surface area contributed by atoms with E-state index in [4.69, 9.17) is 11.6 Å². The number of para-hydroxylation sites is 1. The van der Waals surface area contributed by atoms with Gasteiger partial charge in [-0.05, 0) is 47.2 Å². The molecule has 0 saturated heterocycles. The van der Waals surface area contributed by atoms with E-state index in [0.29, 0.717) is 17.3 Å². The number of amides is 2. The molecule has 0 unspecified atom stereocenters. The van der Waals surface area contributed by atoms with Crippen LogP contribution >= 0.6 is 11.6 Å². The number of benzene rings is 3. The average molecular weight is 598 g/mol. The summed E-state index contributed by atoms with van der Waals surface area (Å²) in [5.41, 5.74) is 2.88. The number of rotatable bonds is 14. The first-order valence-corrected chi connectivity index (χ1v) is 16.2. The highest BCUT2D eigenvalue weighted by Crippen LogP contribution is 2.29. The van der Waals surface area contributed by atoms with Crippen molar-refractivity contribution >= 4 is 39.1 Å². The Morgan fingerprint density at radius 3 is 2.22 bits per heavy atom. The molecule has 3 aromatic carbocycles. The molecule has 0 heterocycles. The number of sulfonamides is 1. The first-order chi connectivity index (χ1) is 19.5. The lowest BCUT2D eigenvalue weighted by atomic mass is 10.0. The molecular formula is C32H40ClN3O4S. The van der Waals surface area contributed by atoms with Gasteiger partial charge in [0.2, 0.25) is 21.8 Å². The molecule has 2 amide bonds.